The Morgan fingerprint density at radius 3 is 2.94 bits per heavy atom. The summed E-state index contributed by atoms with van der Waals surface area (Å²) in [6.07, 6.45) is 0.651. The highest BCUT2D eigenvalue weighted by Crippen LogP contribution is 2.02. The summed E-state index contributed by atoms with van der Waals surface area (Å²) in [6.45, 7) is 0.344. The molecule has 0 bridgehead atoms. The van der Waals surface area contributed by atoms with E-state index in [1.165, 1.54) is 12.3 Å². The van der Waals surface area contributed by atoms with Crippen LogP contribution >= 0.6 is 0 Å². The third kappa shape index (κ3) is 2.88. The van der Waals surface area contributed by atoms with Gasteiger partial charge in [0.1, 0.15) is 0 Å². The van der Waals surface area contributed by atoms with Crippen LogP contribution in [-0.4, -0.2) is 34.3 Å². The van der Waals surface area contributed by atoms with Crippen LogP contribution in [0.4, 0.5) is 5.69 Å². The monoisotopic (exact) mass is 227 g/mol. The maximum Gasteiger partial charge on any atom is 0.334 e. The Labute approximate surface area is 91.5 Å². The van der Waals surface area contributed by atoms with E-state index in [0.717, 1.165) is 10.6 Å². The summed E-state index contributed by atoms with van der Waals surface area (Å²) in [5, 5.41) is 22.7. The van der Waals surface area contributed by atoms with Crippen molar-refractivity contribution in [2.24, 2.45) is 0 Å². The van der Waals surface area contributed by atoms with Gasteiger partial charge in [-0.05, 0) is 13.1 Å². The number of nitro groups is 1. The van der Waals surface area contributed by atoms with Gasteiger partial charge in [-0.15, -0.1) is 0 Å². The first kappa shape index (κ1) is 12.3. The molecule has 1 heterocycles. The normalized spacial score (nSPS) is 12.4. The summed E-state index contributed by atoms with van der Waals surface area (Å²) in [6, 6.07) is 2.55. The van der Waals surface area contributed by atoms with Crippen molar-refractivity contribution in [3.05, 3.63) is 38.8 Å². The number of aromatic nitrogens is 1. The first-order valence-corrected chi connectivity index (χ1v) is 4.72. The molecule has 0 spiro atoms. The van der Waals surface area contributed by atoms with E-state index < -0.39 is 22.3 Å². The molecule has 1 rings (SSSR count). The van der Waals surface area contributed by atoms with Crippen LogP contribution in [0.3, 0.4) is 0 Å². The number of aliphatic hydroxyl groups excluding tert-OH is 1. The second-order valence-electron chi connectivity index (χ2n) is 3.32. The van der Waals surface area contributed by atoms with Gasteiger partial charge in [0.15, 0.2) is 0 Å². The van der Waals surface area contributed by atoms with Gasteiger partial charge >= 0.3 is 11.2 Å². The lowest BCUT2D eigenvalue weighted by molar-refractivity contribution is -0.386. The molecule has 16 heavy (non-hydrogen) atoms. The molecular weight excluding hydrogens is 214 g/mol. The fourth-order valence-electron chi connectivity index (χ4n) is 1.33. The Bertz CT molecular complexity index is 429. The highest BCUT2D eigenvalue weighted by Gasteiger charge is 2.14. The van der Waals surface area contributed by atoms with E-state index >= 15 is 0 Å². The van der Waals surface area contributed by atoms with Crippen LogP contribution < -0.4 is 10.9 Å². The summed E-state index contributed by atoms with van der Waals surface area (Å²) >= 11 is 0. The number of nitrogens with zero attached hydrogens (tertiary/aromatic N) is 2. The van der Waals surface area contributed by atoms with Crippen LogP contribution in [0.1, 0.15) is 0 Å². The second kappa shape index (κ2) is 5.38. The number of likely N-dealkylation sites (N-methyl/N-ethyl adjacent to an activating group) is 1. The van der Waals surface area contributed by atoms with E-state index in [-0.39, 0.29) is 6.54 Å². The second-order valence-corrected chi connectivity index (χ2v) is 3.32. The number of hydrogen-bond donors (Lipinski definition) is 2. The molecule has 1 unspecified atom stereocenters. The SMILES string of the molecule is CNCC(O)Cn1cccc([N+](=O)[O-])c1=O. The van der Waals surface area contributed by atoms with Gasteiger partial charge in [-0.25, -0.2) is 0 Å². The standard InChI is InChI=1S/C9H13N3O4/c1-10-5-7(13)6-11-4-2-3-8(9(11)14)12(15)16/h2-4,7,10,13H,5-6H2,1H3. The van der Waals surface area contributed by atoms with Crippen LogP contribution in [0.25, 0.3) is 0 Å². The zero-order valence-electron chi connectivity index (χ0n) is 8.79. The van der Waals surface area contributed by atoms with E-state index in [4.69, 9.17) is 0 Å². The Morgan fingerprint density at radius 1 is 1.69 bits per heavy atom. The van der Waals surface area contributed by atoms with Crippen LogP contribution in [-0.2, 0) is 6.54 Å². The Hall–Kier alpha value is -1.73. The van der Waals surface area contributed by atoms with Crippen molar-refractivity contribution in [3.8, 4) is 0 Å². The smallest absolute Gasteiger partial charge is 0.334 e. The molecule has 0 radical (unpaired) electrons. The third-order valence-corrected chi connectivity index (χ3v) is 2.04. The number of nitrogens with one attached hydrogen (secondary N) is 1. The molecule has 0 fully saturated rings. The zero-order valence-corrected chi connectivity index (χ0v) is 8.79. The van der Waals surface area contributed by atoms with Crippen molar-refractivity contribution in [2.75, 3.05) is 13.6 Å². The summed E-state index contributed by atoms with van der Waals surface area (Å²) in [4.78, 5) is 21.3. The lowest BCUT2D eigenvalue weighted by Crippen LogP contribution is -2.32. The van der Waals surface area contributed by atoms with Crippen molar-refractivity contribution in [1.29, 1.82) is 0 Å². The van der Waals surface area contributed by atoms with Crippen LogP contribution in [0.15, 0.2) is 23.1 Å². The van der Waals surface area contributed by atoms with Crippen LogP contribution in [0.2, 0.25) is 0 Å². The van der Waals surface area contributed by atoms with Gasteiger partial charge in [0, 0.05) is 18.8 Å². The molecule has 1 aromatic heterocycles. The zero-order chi connectivity index (χ0) is 12.1. The number of rotatable bonds is 5. The Balaban J connectivity index is 2.94. The average Bonchev–Trinajstić information content (AvgIpc) is 2.21. The van der Waals surface area contributed by atoms with Crippen molar-refractivity contribution in [2.45, 2.75) is 12.6 Å². The highest BCUT2D eigenvalue weighted by atomic mass is 16.6. The quantitative estimate of drug-likeness (QED) is 0.514. The lowest BCUT2D eigenvalue weighted by Gasteiger charge is -2.11. The van der Waals surface area contributed by atoms with Gasteiger partial charge in [-0.3, -0.25) is 14.9 Å². The van der Waals surface area contributed by atoms with Gasteiger partial charge in [0.2, 0.25) is 0 Å². The topological polar surface area (TPSA) is 97.4 Å². The van der Waals surface area contributed by atoms with E-state index in [2.05, 4.69) is 5.32 Å². The molecule has 1 aromatic rings. The number of aliphatic hydroxyl groups is 1. The molecule has 0 aliphatic carbocycles. The van der Waals surface area contributed by atoms with Crippen LogP contribution in [0, 0.1) is 10.1 Å². The van der Waals surface area contributed by atoms with Gasteiger partial charge in [0.05, 0.1) is 17.6 Å². The maximum absolute atomic E-state index is 11.5. The molecule has 0 aromatic carbocycles. The van der Waals surface area contributed by atoms with E-state index in [1.54, 1.807) is 7.05 Å². The van der Waals surface area contributed by atoms with E-state index in [1.807, 2.05) is 0 Å². The average molecular weight is 227 g/mol. The van der Waals surface area contributed by atoms with E-state index in [9.17, 15) is 20.0 Å². The maximum atomic E-state index is 11.5. The summed E-state index contributed by atoms with van der Waals surface area (Å²) in [7, 11) is 1.67. The van der Waals surface area contributed by atoms with Crippen molar-refractivity contribution in [3.63, 3.8) is 0 Å². The minimum absolute atomic E-state index is 0.0291. The van der Waals surface area contributed by atoms with Crippen LogP contribution in [0.5, 0.6) is 0 Å². The highest BCUT2D eigenvalue weighted by molar-refractivity contribution is 5.25. The summed E-state index contributed by atoms with van der Waals surface area (Å²) < 4.78 is 1.13. The fourth-order valence-corrected chi connectivity index (χ4v) is 1.33. The summed E-state index contributed by atoms with van der Waals surface area (Å²) in [5.41, 5.74) is -1.19. The van der Waals surface area contributed by atoms with Gasteiger partial charge in [-0.2, -0.15) is 0 Å². The molecule has 0 aliphatic heterocycles. The predicted octanol–water partition coefficient (Wildman–Crippen LogP) is -0.663. The van der Waals surface area contributed by atoms with Gasteiger partial charge < -0.3 is 15.0 Å². The van der Waals surface area contributed by atoms with Crippen molar-refractivity contribution < 1.29 is 10.0 Å². The molecular formula is C9H13N3O4. The van der Waals surface area contributed by atoms with Crippen molar-refractivity contribution in [1.82, 2.24) is 9.88 Å². The fraction of sp³-hybridized carbons (Fsp3) is 0.444. The molecule has 2 N–H and O–H groups in total. The molecule has 88 valence electrons. The molecule has 7 nitrogen and oxygen atoms in total. The summed E-state index contributed by atoms with van der Waals surface area (Å²) in [5.74, 6) is 0. The first-order valence-electron chi connectivity index (χ1n) is 4.72. The number of hydrogen-bond acceptors (Lipinski definition) is 5. The lowest BCUT2D eigenvalue weighted by atomic mass is 10.3. The number of pyridine rings is 1. The predicted molar refractivity (Wildman–Crippen MR) is 57.3 cm³/mol. The Morgan fingerprint density at radius 2 is 2.38 bits per heavy atom. The molecule has 0 amide bonds. The minimum Gasteiger partial charge on any atom is -0.390 e. The first-order chi connectivity index (χ1) is 7.56. The minimum atomic E-state index is -0.760. The third-order valence-electron chi connectivity index (χ3n) is 2.04. The molecule has 0 saturated carbocycles. The van der Waals surface area contributed by atoms with Gasteiger partial charge in [0.25, 0.3) is 0 Å². The molecule has 1 atom stereocenters. The Kier molecular flexibility index (Phi) is 4.15. The molecule has 0 aliphatic rings. The molecule has 7 heteroatoms. The van der Waals surface area contributed by atoms with Crippen molar-refractivity contribution >= 4 is 5.69 Å². The van der Waals surface area contributed by atoms with E-state index in [0.29, 0.717) is 6.54 Å². The van der Waals surface area contributed by atoms with Gasteiger partial charge in [-0.1, -0.05) is 0 Å². The molecule has 0 saturated heterocycles. The largest absolute Gasteiger partial charge is 0.390 e.